The van der Waals surface area contributed by atoms with Crippen LogP contribution < -0.4 is 0 Å². The van der Waals surface area contributed by atoms with Gasteiger partial charge in [0.1, 0.15) is 0 Å². The molecule has 0 fully saturated rings. The first-order valence-electron chi connectivity index (χ1n) is 18.8. The highest BCUT2D eigenvalue weighted by molar-refractivity contribution is 6.15. The second kappa shape index (κ2) is 13.7. The summed E-state index contributed by atoms with van der Waals surface area (Å²) in [7, 11) is 0. The van der Waals surface area contributed by atoms with Gasteiger partial charge in [0.05, 0.1) is 33.3 Å². The zero-order chi connectivity index (χ0) is 37.6. The molecule has 4 nitrogen and oxygen atoms in total. The predicted octanol–water partition coefficient (Wildman–Crippen LogP) is 13.7. The number of fused-ring (bicyclic) bond motifs is 9. The lowest BCUT2D eigenvalue weighted by molar-refractivity contribution is 1.18. The van der Waals surface area contributed by atoms with Gasteiger partial charge in [0.25, 0.3) is 0 Å². The van der Waals surface area contributed by atoms with Crippen molar-refractivity contribution in [2.75, 3.05) is 0 Å². The number of hydrogen-bond donors (Lipinski definition) is 0. The van der Waals surface area contributed by atoms with Crippen molar-refractivity contribution in [3.63, 3.8) is 0 Å². The predicted molar refractivity (Wildman–Crippen MR) is 237 cm³/mol. The van der Waals surface area contributed by atoms with Crippen LogP contribution in [0.1, 0.15) is 0 Å². The molecule has 0 aliphatic rings. The maximum absolute atomic E-state index is 5.20. The van der Waals surface area contributed by atoms with Crippen LogP contribution in [-0.4, -0.2) is 19.1 Å². The van der Waals surface area contributed by atoms with Crippen LogP contribution in [0, 0.1) is 0 Å². The van der Waals surface area contributed by atoms with Gasteiger partial charge in [-0.3, -0.25) is 0 Å². The standard InChI is InChI=1S/C48H30N4.C4H6/c1-3-13-31(14-4-1)48-49-30-41-46(29-34-15-7-8-18-36(34)47(41)50-48)52-43-22-12-10-20-38(43)40-28-33(24-26-45(40)52)32-23-25-44-39(27-32)37-19-9-11-21-42(37)51(44)35-16-5-2-6-17-35;1-3-4-2/h1-30H;3-4H,1-2H2. The fourth-order valence-electron chi connectivity index (χ4n) is 8.17. The Morgan fingerprint density at radius 2 is 0.929 bits per heavy atom. The van der Waals surface area contributed by atoms with Gasteiger partial charge in [0.2, 0.25) is 0 Å². The topological polar surface area (TPSA) is 35.6 Å². The minimum Gasteiger partial charge on any atom is -0.309 e. The van der Waals surface area contributed by atoms with Crippen molar-refractivity contribution in [3.05, 3.63) is 207 Å². The molecule has 11 aromatic rings. The Labute approximate surface area is 324 Å². The molecule has 0 unspecified atom stereocenters. The number of aromatic nitrogens is 4. The summed E-state index contributed by atoms with van der Waals surface area (Å²) in [6, 6.07) is 62.9. The van der Waals surface area contributed by atoms with E-state index >= 15 is 0 Å². The van der Waals surface area contributed by atoms with E-state index in [1.807, 2.05) is 24.4 Å². The SMILES string of the molecule is C=CC=C.c1ccc(-c2ncc3c(-n4c5ccccc5c5cc(-c6ccc7c(c6)c6ccccc6n7-c6ccccc6)ccc54)cc4ccccc4c3n2)cc1. The zero-order valence-corrected chi connectivity index (χ0v) is 30.7. The van der Waals surface area contributed by atoms with E-state index in [9.17, 15) is 0 Å². The van der Waals surface area contributed by atoms with Crippen molar-refractivity contribution in [2.45, 2.75) is 0 Å². The Balaban J connectivity index is 0.000000919. The minimum absolute atomic E-state index is 0.728. The first kappa shape index (κ1) is 33.0. The van der Waals surface area contributed by atoms with Gasteiger partial charge in [-0.25, -0.2) is 9.97 Å². The molecule has 0 saturated carbocycles. The van der Waals surface area contributed by atoms with E-state index in [-0.39, 0.29) is 0 Å². The molecule has 8 aromatic carbocycles. The molecule has 0 spiro atoms. The van der Waals surface area contributed by atoms with Gasteiger partial charge in [-0.1, -0.05) is 147 Å². The first-order valence-corrected chi connectivity index (χ1v) is 18.8. The maximum atomic E-state index is 5.20. The summed E-state index contributed by atoms with van der Waals surface area (Å²) in [5.41, 5.74) is 11.3. The quantitative estimate of drug-likeness (QED) is 0.131. The van der Waals surface area contributed by atoms with Crippen molar-refractivity contribution in [3.8, 4) is 33.9 Å². The Bertz CT molecular complexity index is 3270. The lowest BCUT2D eigenvalue weighted by atomic mass is 10.0. The van der Waals surface area contributed by atoms with E-state index < -0.39 is 0 Å². The summed E-state index contributed by atoms with van der Waals surface area (Å²) in [5, 5.41) is 8.21. The average molecular weight is 717 g/mol. The van der Waals surface area contributed by atoms with Crippen molar-refractivity contribution >= 4 is 65.3 Å². The molecule has 3 aromatic heterocycles. The zero-order valence-electron chi connectivity index (χ0n) is 30.7. The van der Waals surface area contributed by atoms with Crippen LogP contribution in [0.2, 0.25) is 0 Å². The molecule has 0 atom stereocenters. The molecule has 4 heteroatoms. The number of para-hydroxylation sites is 3. The van der Waals surface area contributed by atoms with Crippen molar-refractivity contribution in [1.82, 2.24) is 19.1 Å². The van der Waals surface area contributed by atoms with Crippen LogP contribution in [0.15, 0.2) is 207 Å². The lowest BCUT2D eigenvalue weighted by Crippen LogP contribution is -1.99. The molecule has 3 heterocycles. The highest BCUT2D eigenvalue weighted by atomic mass is 15.0. The number of benzene rings is 8. The number of nitrogens with zero attached hydrogens (tertiary/aromatic N) is 4. The highest BCUT2D eigenvalue weighted by Crippen LogP contribution is 2.40. The van der Waals surface area contributed by atoms with Gasteiger partial charge < -0.3 is 9.13 Å². The van der Waals surface area contributed by atoms with Gasteiger partial charge in [-0.2, -0.15) is 0 Å². The van der Waals surface area contributed by atoms with E-state index in [0.717, 1.165) is 49.8 Å². The number of rotatable bonds is 5. The summed E-state index contributed by atoms with van der Waals surface area (Å²) >= 11 is 0. The van der Waals surface area contributed by atoms with E-state index in [2.05, 4.69) is 180 Å². The summed E-state index contributed by atoms with van der Waals surface area (Å²) in [4.78, 5) is 10.1. The van der Waals surface area contributed by atoms with Crippen LogP contribution in [0.3, 0.4) is 0 Å². The smallest absolute Gasteiger partial charge is 0.159 e. The molecular formula is C52H36N4. The maximum Gasteiger partial charge on any atom is 0.159 e. The second-order valence-corrected chi connectivity index (χ2v) is 13.9. The van der Waals surface area contributed by atoms with E-state index in [0.29, 0.717) is 0 Å². The van der Waals surface area contributed by atoms with Crippen molar-refractivity contribution in [2.24, 2.45) is 0 Å². The van der Waals surface area contributed by atoms with Crippen LogP contribution in [0.25, 0.3) is 99.2 Å². The molecule has 0 aliphatic heterocycles. The molecule has 0 aliphatic carbocycles. The Morgan fingerprint density at radius 3 is 1.57 bits per heavy atom. The molecule has 56 heavy (non-hydrogen) atoms. The Morgan fingerprint density at radius 1 is 0.411 bits per heavy atom. The Kier molecular flexibility index (Phi) is 8.08. The molecule has 0 saturated heterocycles. The minimum atomic E-state index is 0.728. The van der Waals surface area contributed by atoms with E-state index in [1.54, 1.807) is 12.2 Å². The highest BCUT2D eigenvalue weighted by Gasteiger charge is 2.19. The normalized spacial score (nSPS) is 11.4. The van der Waals surface area contributed by atoms with Crippen LogP contribution in [0.5, 0.6) is 0 Å². The molecule has 264 valence electrons. The molecule has 0 radical (unpaired) electrons. The largest absolute Gasteiger partial charge is 0.309 e. The monoisotopic (exact) mass is 716 g/mol. The number of allylic oxidation sites excluding steroid dienone is 2. The third kappa shape index (κ3) is 5.39. The van der Waals surface area contributed by atoms with Gasteiger partial charge in [0.15, 0.2) is 5.82 Å². The first-order chi connectivity index (χ1) is 27.7. The van der Waals surface area contributed by atoms with Crippen molar-refractivity contribution in [1.29, 1.82) is 0 Å². The molecule has 0 bridgehead atoms. The van der Waals surface area contributed by atoms with Crippen molar-refractivity contribution < 1.29 is 0 Å². The summed E-state index contributed by atoms with van der Waals surface area (Å²) < 4.78 is 4.76. The van der Waals surface area contributed by atoms with Crippen LogP contribution in [-0.2, 0) is 0 Å². The Hall–Kier alpha value is -7.56. The summed E-state index contributed by atoms with van der Waals surface area (Å²) in [6.07, 6.45) is 5.28. The molecule has 0 N–H and O–H groups in total. The summed E-state index contributed by atoms with van der Waals surface area (Å²) in [5.74, 6) is 0.728. The van der Waals surface area contributed by atoms with Gasteiger partial charge >= 0.3 is 0 Å². The second-order valence-electron chi connectivity index (χ2n) is 13.9. The average Bonchev–Trinajstić information content (AvgIpc) is 3.79. The lowest BCUT2D eigenvalue weighted by Gasteiger charge is -2.14. The van der Waals surface area contributed by atoms with Gasteiger partial charge in [0, 0.05) is 49.8 Å². The van der Waals surface area contributed by atoms with Gasteiger partial charge in [-0.15, -0.1) is 0 Å². The third-order valence-corrected chi connectivity index (χ3v) is 10.7. The molecule has 0 amide bonds. The van der Waals surface area contributed by atoms with Crippen LogP contribution in [0.4, 0.5) is 0 Å². The van der Waals surface area contributed by atoms with Gasteiger partial charge in [-0.05, 0) is 71.1 Å². The van der Waals surface area contributed by atoms with Crippen LogP contribution >= 0.6 is 0 Å². The fourth-order valence-corrected chi connectivity index (χ4v) is 8.17. The molecular weight excluding hydrogens is 681 g/mol. The van der Waals surface area contributed by atoms with E-state index in [1.165, 1.54) is 49.4 Å². The third-order valence-electron chi connectivity index (χ3n) is 10.7. The fraction of sp³-hybridized carbons (Fsp3) is 0. The number of hydrogen-bond acceptors (Lipinski definition) is 2. The molecule has 11 rings (SSSR count). The summed E-state index contributed by atoms with van der Waals surface area (Å²) in [6.45, 7) is 6.72. The van der Waals surface area contributed by atoms with E-state index in [4.69, 9.17) is 9.97 Å².